The molecule has 4 rings (SSSR count). The predicted molar refractivity (Wildman–Crippen MR) is 200 cm³/mol. The highest BCUT2D eigenvalue weighted by Crippen LogP contribution is 2.30. The maximum absolute atomic E-state index is 6.89. The number of hydrogen-bond donors (Lipinski definition) is 0. The van der Waals surface area contributed by atoms with Crippen LogP contribution >= 0.6 is 0 Å². The van der Waals surface area contributed by atoms with Crippen LogP contribution < -0.4 is 18.9 Å². The van der Waals surface area contributed by atoms with Crippen molar-refractivity contribution in [2.75, 3.05) is 13.2 Å². The number of rotatable bonds is 18. The first-order valence-corrected chi connectivity index (χ1v) is 23.3. The zero-order valence-corrected chi connectivity index (χ0v) is 31.8. The van der Waals surface area contributed by atoms with Crippen LogP contribution in [0.3, 0.4) is 0 Å². The summed E-state index contributed by atoms with van der Waals surface area (Å²) in [5, 5.41) is 0. The molecule has 0 saturated heterocycles. The fourth-order valence-electron chi connectivity index (χ4n) is 5.63. The van der Waals surface area contributed by atoms with Crippen LogP contribution in [-0.2, 0) is 4.12 Å². The van der Waals surface area contributed by atoms with Crippen LogP contribution in [0.2, 0.25) is 38.3 Å². The van der Waals surface area contributed by atoms with E-state index in [0.717, 1.165) is 72.3 Å². The normalized spacial score (nSPS) is 11.7. The Balaban J connectivity index is 1.19. The summed E-state index contributed by atoms with van der Waals surface area (Å²) in [5.74, 6) is 4.94. The van der Waals surface area contributed by atoms with Crippen LogP contribution in [0.25, 0.3) is 0 Å². The van der Waals surface area contributed by atoms with Crippen molar-refractivity contribution in [3.05, 3.63) is 107 Å². The van der Waals surface area contributed by atoms with Crippen molar-refractivity contribution in [3.8, 4) is 34.5 Å². The van der Waals surface area contributed by atoms with Crippen LogP contribution in [0, 0.1) is 27.7 Å². The smallest absolute Gasteiger partial charge is 0.176 e. The number of aryl methyl sites for hydroxylation is 4. The predicted octanol–water partition coefficient (Wildman–Crippen LogP) is 11.9. The Morgan fingerprint density at radius 1 is 0.447 bits per heavy atom. The zero-order chi connectivity index (χ0) is 33.9. The number of ether oxygens (including phenoxy) is 4. The molecule has 0 atom stereocenters. The minimum atomic E-state index is -1.85. The third kappa shape index (κ3) is 12.5. The van der Waals surface area contributed by atoms with Crippen molar-refractivity contribution < 1.29 is 23.1 Å². The first-order chi connectivity index (χ1) is 22.4. The highest BCUT2D eigenvalue weighted by molar-refractivity contribution is 6.84. The molecule has 252 valence electrons. The van der Waals surface area contributed by atoms with Gasteiger partial charge in [0.25, 0.3) is 0 Å². The van der Waals surface area contributed by atoms with Crippen molar-refractivity contribution in [1.82, 2.24) is 0 Å². The van der Waals surface area contributed by atoms with Crippen molar-refractivity contribution in [2.24, 2.45) is 0 Å². The largest absolute Gasteiger partial charge is 0.493 e. The van der Waals surface area contributed by atoms with E-state index >= 15 is 0 Å². The lowest BCUT2D eigenvalue weighted by Crippen LogP contribution is -2.44. The lowest BCUT2D eigenvalue weighted by molar-refractivity contribution is 0.305. The molecule has 0 amide bonds. The maximum Gasteiger partial charge on any atom is 0.176 e. The van der Waals surface area contributed by atoms with Crippen molar-refractivity contribution in [3.63, 3.8) is 0 Å². The Kier molecular flexibility index (Phi) is 13.2. The molecule has 4 aromatic carbocycles. The van der Waals surface area contributed by atoms with Crippen LogP contribution in [0.15, 0.2) is 84.9 Å². The molecule has 0 fully saturated rings. The molecule has 7 heteroatoms. The molecule has 0 heterocycles. The molecule has 0 N–H and O–H groups in total. The van der Waals surface area contributed by atoms with Gasteiger partial charge in [0.1, 0.15) is 34.5 Å². The highest BCUT2D eigenvalue weighted by atomic mass is 28.4. The third-order valence-corrected chi connectivity index (χ3v) is 15.6. The molecular formula is C40H54O5Si2. The van der Waals surface area contributed by atoms with Crippen LogP contribution in [0.4, 0.5) is 0 Å². The lowest BCUT2D eigenvalue weighted by Gasteiger charge is -2.35. The summed E-state index contributed by atoms with van der Waals surface area (Å²) in [5.41, 5.74) is 4.96. The first-order valence-electron chi connectivity index (χ1n) is 17.0. The molecule has 0 saturated carbocycles. The lowest BCUT2D eigenvalue weighted by atomic mass is 10.1. The monoisotopic (exact) mass is 670 g/mol. The molecule has 5 nitrogen and oxygen atoms in total. The molecular weight excluding hydrogens is 617 g/mol. The fourth-order valence-corrected chi connectivity index (χ4v) is 14.6. The van der Waals surface area contributed by atoms with Crippen molar-refractivity contribution in [1.29, 1.82) is 0 Å². The van der Waals surface area contributed by atoms with Gasteiger partial charge >= 0.3 is 0 Å². The van der Waals surface area contributed by atoms with Crippen LogP contribution in [0.5, 0.6) is 34.5 Å². The van der Waals surface area contributed by atoms with Crippen molar-refractivity contribution in [2.45, 2.75) is 91.7 Å². The van der Waals surface area contributed by atoms with Crippen LogP contribution in [0.1, 0.15) is 47.9 Å². The molecule has 4 aromatic rings. The van der Waals surface area contributed by atoms with Crippen LogP contribution in [-0.4, -0.2) is 29.8 Å². The fraction of sp³-hybridized carbons (Fsp3) is 0.400. The maximum atomic E-state index is 6.89. The summed E-state index contributed by atoms with van der Waals surface area (Å²) in [4.78, 5) is 0. The summed E-state index contributed by atoms with van der Waals surface area (Å²) < 4.78 is 31.3. The molecule has 0 aliphatic rings. The van der Waals surface area contributed by atoms with E-state index in [0.29, 0.717) is 13.2 Å². The summed E-state index contributed by atoms with van der Waals surface area (Å²) in [6, 6.07) is 30.5. The van der Waals surface area contributed by atoms with E-state index in [1.165, 1.54) is 22.3 Å². The van der Waals surface area contributed by atoms with Gasteiger partial charge in [0.15, 0.2) is 16.6 Å². The molecule has 0 unspecified atom stereocenters. The van der Waals surface area contributed by atoms with E-state index in [-0.39, 0.29) is 0 Å². The third-order valence-electron chi connectivity index (χ3n) is 8.33. The van der Waals surface area contributed by atoms with E-state index in [1.54, 1.807) is 0 Å². The molecule has 0 aromatic heterocycles. The molecule has 0 aliphatic heterocycles. The molecule has 47 heavy (non-hydrogen) atoms. The minimum absolute atomic E-state index is 0.685. The Bertz CT molecular complexity index is 1470. The highest BCUT2D eigenvalue weighted by Gasteiger charge is 2.33. The summed E-state index contributed by atoms with van der Waals surface area (Å²) in [6.45, 7) is 19.1. The Hall–Kier alpha value is -3.53. The Morgan fingerprint density at radius 3 is 1.26 bits per heavy atom. The van der Waals surface area contributed by atoms with Gasteiger partial charge in [-0.15, -0.1) is 0 Å². The van der Waals surface area contributed by atoms with Gasteiger partial charge in [-0.1, -0.05) is 37.1 Å². The van der Waals surface area contributed by atoms with E-state index in [9.17, 15) is 0 Å². The van der Waals surface area contributed by atoms with Gasteiger partial charge in [-0.3, -0.25) is 0 Å². The van der Waals surface area contributed by atoms with Gasteiger partial charge in [-0.25, -0.2) is 0 Å². The number of hydrogen-bond acceptors (Lipinski definition) is 5. The second-order valence-corrected chi connectivity index (χ2v) is 22.9. The van der Waals surface area contributed by atoms with Gasteiger partial charge < -0.3 is 23.1 Å². The van der Waals surface area contributed by atoms with Crippen molar-refractivity contribution >= 4 is 16.6 Å². The standard InChI is InChI=1S/C40H54O5Si2/c1-31-19-21-39(27-33(31)3)43-37-17-13-15-35(29-37)41-23-9-11-25-47(8,45-46(5,6)7)26-12-10-24-42-36-16-14-18-38(30-36)44-40-22-20-32(2)34(4)28-40/h13-22,27-30H,9-12,23-26H2,1-8H3. The molecule has 0 bridgehead atoms. The van der Waals surface area contributed by atoms with Gasteiger partial charge in [-0.2, -0.15) is 0 Å². The second-order valence-electron chi connectivity index (χ2n) is 13.9. The molecule has 0 radical (unpaired) electrons. The first kappa shape index (κ1) is 36.3. The van der Waals surface area contributed by atoms with E-state index < -0.39 is 16.6 Å². The van der Waals surface area contributed by atoms with Gasteiger partial charge in [0, 0.05) is 12.1 Å². The average Bonchev–Trinajstić information content (AvgIpc) is 3.00. The summed E-state index contributed by atoms with van der Waals surface area (Å²) in [7, 11) is -3.51. The Labute approximate surface area is 285 Å². The SMILES string of the molecule is Cc1ccc(Oc2cccc(OCCCC[Si](C)(CCCCOc3cccc(Oc4ccc(C)c(C)c4)c3)O[Si](C)(C)C)c2)cc1C. The quantitative estimate of drug-likeness (QED) is 0.0779. The van der Waals surface area contributed by atoms with Gasteiger partial charge in [0.05, 0.1) is 13.2 Å². The summed E-state index contributed by atoms with van der Waals surface area (Å²) >= 11 is 0. The van der Waals surface area contributed by atoms with Gasteiger partial charge in [-0.05, 0) is 150 Å². The topological polar surface area (TPSA) is 46.2 Å². The second kappa shape index (κ2) is 17.0. The molecule has 0 spiro atoms. The zero-order valence-electron chi connectivity index (χ0n) is 29.8. The van der Waals surface area contributed by atoms with E-state index in [2.05, 4.69) is 78.1 Å². The number of benzene rings is 4. The average molecular weight is 671 g/mol. The minimum Gasteiger partial charge on any atom is -0.493 e. The summed E-state index contributed by atoms with van der Waals surface area (Å²) in [6.07, 6.45) is 4.22. The van der Waals surface area contributed by atoms with E-state index in [1.807, 2.05) is 60.7 Å². The molecule has 0 aliphatic carbocycles. The number of unbranched alkanes of at least 4 members (excludes halogenated alkanes) is 2. The van der Waals surface area contributed by atoms with E-state index in [4.69, 9.17) is 23.1 Å². The Morgan fingerprint density at radius 2 is 0.851 bits per heavy atom. The van der Waals surface area contributed by atoms with Gasteiger partial charge in [0.2, 0.25) is 0 Å².